The number of nitrogens with zero attached hydrogens (tertiary/aromatic N) is 1. The zero-order valence-electron chi connectivity index (χ0n) is 12.4. The third-order valence-electron chi connectivity index (χ3n) is 3.41. The van der Waals surface area contributed by atoms with Crippen LogP contribution in [-0.2, 0) is 11.2 Å². The van der Waals surface area contributed by atoms with E-state index in [0.717, 1.165) is 33.6 Å². The summed E-state index contributed by atoms with van der Waals surface area (Å²) in [4.78, 5) is 13.4. The Morgan fingerprint density at radius 3 is 2.91 bits per heavy atom. The van der Waals surface area contributed by atoms with Gasteiger partial charge in [-0.2, -0.15) is 5.10 Å². The molecule has 3 rings (SSSR count). The zero-order valence-corrected chi connectivity index (χ0v) is 14.8. The minimum atomic E-state index is 0.0439. The van der Waals surface area contributed by atoms with Crippen molar-refractivity contribution >= 4 is 38.9 Å². The summed E-state index contributed by atoms with van der Waals surface area (Å²) in [6, 6.07) is 13.8. The highest BCUT2D eigenvalue weighted by atomic mass is 79.9. The van der Waals surface area contributed by atoms with E-state index in [-0.39, 0.29) is 5.91 Å². The molecule has 0 aliphatic heterocycles. The number of halogens is 1. The first-order chi connectivity index (χ1) is 11.2. The molecule has 4 nitrogen and oxygen atoms in total. The molecule has 0 unspecified atom stereocenters. The number of hydrogen-bond acceptors (Lipinski definition) is 3. The smallest absolute Gasteiger partial charge is 0.224 e. The molecule has 2 N–H and O–H groups in total. The number of H-pyrrole nitrogens is 1. The maximum Gasteiger partial charge on any atom is 0.224 e. The Hall–Kier alpha value is -1.92. The number of nitrogens with one attached hydrogen (secondary N) is 2. The van der Waals surface area contributed by atoms with Gasteiger partial charge in [-0.25, -0.2) is 0 Å². The zero-order chi connectivity index (χ0) is 16.1. The van der Waals surface area contributed by atoms with Crippen molar-refractivity contribution in [2.75, 3.05) is 5.32 Å². The van der Waals surface area contributed by atoms with E-state index in [1.54, 1.807) is 17.5 Å². The average molecular weight is 390 g/mol. The Morgan fingerprint density at radius 2 is 2.17 bits per heavy atom. The summed E-state index contributed by atoms with van der Waals surface area (Å²) >= 11 is 5.17. The molecule has 6 heteroatoms. The lowest BCUT2D eigenvalue weighted by atomic mass is 10.1. The third kappa shape index (κ3) is 4.53. The van der Waals surface area contributed by atoms with Gasteiger partial charge in [0.05, 0.1) is 9.48 Å². The van der Waals surface area contributed by atoms with E-state index in [1.165, 1.54) is 4.88 Å². The molecule has 0 aliphatic rings. The lowest BCUT2D eigenvalue weighted by Crippen LogP contribution is -2.11. The van der Waals surface area contributed by atoms with Crippen LogP contribution in [0.15, 0.2) is 52.4 Å². The van der Waals surface area contributed by atoms with Crippen molar-refractivity contribution in [3.63, 3.8) is 0 Å². The maximum atomic E-state index is 12.1. The molecule has 0 aliphatic carbocycles. The van der Waals surface area contributed by atoms with Gasteiger partial charge in [0.2, 0.25) is 5.91 Å². The minimum absolute atomic E-state index is 0.0439. The fourth-order valence-corrected chi connectivity index (χ4v) is 3.84. The maximum absolute atomic E-state index is 12.1. The lowest BCUT2D eigenvalue weighted by Gasteiger charge is -2.06. The van der Waals surface area contributed by atoms with E-state index in [4.69, 9.17) is 0 Å². The lowest BCUT2D eigenvalue weighted by molar-refractivity contribution is -0.116. The van der Waals surface area contributed by atoms with Gasteiger partial charge >= 0.3 is 0 Å². The van der Waals surface area contributed by atoms with Crippen molar-refractivity contribution in [3.05, 3.63) is 57.3 Å². The van der Waals surface area contributed by atoms with Crippen molar-refractivity contribution in [2.45, 2.75) is 19.3 Å². The van der Waals surface area contributed by atoms with E-state index in [9.17, 15) is 4.79 Å². The van der Waals surface area contributed by atoms with Gasteiger partial charge in [-0.3, -0.25) is 9.89 Å². The number of aryl methyl sites for hydroxylation is 1. The van der Waals surface area contributed by atoms with Gasteiger partial charge in [0, 0.05) is 28.7 Å². The van der Waals surface area contributed by atoms with Crippen LogP contribution in [0, 0.1) is 0 Å². The van der Waals surface area contributed by atoms with Gasteiger partial charge in [0.1, 0.15) is 0 Å². The summed E-state index contributed by atoms with van der Waals surface area (Å²) in [5, 5.41) is 9.83. The number of carbonyl (C=O) groups is 1. The van der Waals surface area contributed by atoms with Crippen molar-refractivity contribution in [3.8, 4) is 11.3 Å². The summed E-state index contributed by atoms with van der Waals surface area (Å²) in [5.41, 5.74) is 2.74. The molecule has 0 atom stereocenters. The van der Waals surface area contributed by atoms with Crippen molar-refractivity contribution in [1.29, 1.82) is 0 Å². The molecule has 3 aromatic rings. The molecule has 0 fully saturated rings. The largest absolute Gasteiger partial charge is 0.326 e. The molecule has 0 spiro atoms. The number of rotatable bonds is 6. The summed E-state index contributed by atoms with van der Waals surface area (Å²) in [7, 11) is 0. The van der Waals surface area contributed by atoms with Crippen LogP contribution in [0.5, 0.6) is 0 Å². The molecule has 2 heterocycles. The second-order valence-electron chi connectivity index (χ2n) is 5.16. The highest BCUT2D eigenvalue weighted by Gasteiger charge is 2.06. The highest BCUT2D eigenvalue weighted by Crippen LogP contribution is 2.24. The Morgan fingerprint density at radius 1 is 1.26 bits per heavy atom. The number of anilines is 1. The number of aromatic nitrogens is 2. The predicted molar refractivity (Wildman–Crippen MR) is 97.6 cm³/mol. The fraction of sp³-hybridized carbons (Fsp3) is 0.176. The summed E-state index contributed by atoms with van der Waals surface area (Å²) < 4.78 is 1.13. The summed E-state index contributed by atoms with van der Waals surface area (Å²) in [5.74, 6) is 0.0439. The standard InChI is InChI=1S/C17H16BrN3OS/c18-16-8-7-14(23-16)5-2-6-17(22)20-13-4-1-3-12(11-13)15-9-10-19-21-15/h1,3-4,7-11H,2,5-6H2,(H,19,21)(H,20,22). The molecule has 23 heavy (non-hydrogen) atoms. The number of benzene rings is 1. The highest BCUT2D eigenvalue weighted by molar-refractivity contribution is 9.11. The Labute approximate surface area is 147 Å². The van der Waals surface area contributed by atoms with Crippen LogP contribution in [0.25, 0.3) is 11.3 Å². The second-order valence-corrected chi connectivity index (χ2v) is 7.71. The summed E-state index contributed by atoms with van der Waals surface area (Å²) in [6.45, 7) is 0. The molecule has 0 saturated heterocycles. The van der Waals surface area contributed by atoms with Crippen molar-refractivity contribution in [2.24, 2.45) is 0 Å². The van der Waals surface area contributed by atoms with Crippen LogP contribution in [0.3, 0.4) is 0 Å². The molecule has 0 bridgehead atoms. The second kappa shape index (κ2) is 7.57. The number of carbonyl (C=O) groups excluding carboxylic acids is 1. The van der Waals surface area contributed by atoms with E-state index >= 15 is 0 Å². The van der Waals surface area contributed by atoms with Gasteiger partial charge in [0.25, 0.3) is 0 Å². The fourth-order valence-electron chi connectivity index (χ4n) is 2.31. The first kappa shape index (κ1) is 16.0. The predicted octanol–water partition coefficient (Wildman–Crippen LogP) is 4.86. The third-order valence-corrected chi connectivity index (χ3v) is 5.10. The van der Waals surface area contributed by atoms with Crippen LogP contribution in [0.1, 0.15) is 17.7 Å². The van der Waals surface area contributed by atoms with E-state index < -0.39 is 0 Å². The Balaban J connectivity index is 1.52. The molecule has 0 radical (unpaired) electrons. The van der Waals surface area contributed by atoms with Crippen molar-refractivity contribution in [1.82, 2.24) is 10.2 Å². The van der Waals surface area contributed by atoms with Crippen LogP contribution in [0.2, 0.25) is 0 Å². The quantitative estimate of drug-likeness (QED) is 0.632. The topological polar surface area (TPSA) is 57.8 Å². The first-order valence-corrected chi connectivity index (χ1v) is 8.95. The molecule has 1 amide bonds. The van der Waals surface area contributed by atoms with Crippen molar-refractivity contribution < 1.29 is 4.79 Å². The number of amides is 1. The Kier molecular flexibility index (Phi) is 5.25. The molecule has 0 saturated carbocycles. The van der Waals surface area contributed by atoms with Gasteiger partial charge in [-0.15, -0.1) is 11.3 Å². The van der Waals surface area contributed by atoms with Crippen LogP contribution < -0.4 is 5.32 Å². The van der Waals surface area contributed by atoms with Crippen LogP contribution in [-0.4, -0.2) is 16.1 Å². The molecule has 118 valence electrons. The SMILES string of the molecule is O=C(CCCc1ccc(Br)s1)Nc1cccc(-c2ccn[nH]2)c1. The van der Waals surface area contributed by atoms with Gasteiger partial charge in [0.15, 0.2) is 0 Å². The molecular formula is C17H16BrN3OS. The monoisotopic (exact) mass is 389 g/mol. The number of thiophene rings is 1. The normalized spacial score (nSPS) is 10.7. The average Bonchev–Trinajstić information content (AvgIpc) is 3.19. The Bertz CT molecular complexity index is 783. The number of hydrogen-bond donors (Lipinski definition) is 2. The molecule has 1 aromatic carbocycles. The summed E-state index contributed by atoms with van der Waals surface area (Å²) in [6.07, 6.45) is 4.00. The number of aromatic amines is 1. The van der Waals surface area contributed by atoms with E-state index in [2.05, 4.69) is 37.5 Å². The molecular weight excluding hydrogens is 374 g/mol. The van der Waals surface area contributed by atoms with Crippen LogP contribution >= 0.6 is 27.3 Å². The molecule has 2 aromatic heterocycles. The van der Waals surface area contributed by atoms with Gasteiger partial charge < -0.3 is 5.32 Å². The van der Waals surface area contributed by atoms with Gasteiger partial charge in [-0.05, 0) is 59.1 Å². The van der Waals surface area contributed by atoms with E-state index in [1.807, 2.05) is 36.4 Å². The van der Waals surface area contributed by atoms with Crippen LogP contribution in [0.4, 0.5) is 5.69 Å². The minimum Gasteiger partial charge on any atom is -0.326 e. The van der Waals surface area contributed by atoms with Gasteiger partial charge in [-0.1, -0.05) is 12.1 Å². The first-order valence-electron chi connectivity index (χ1n) is 7.34. The van der Waals surface area contributed by atoms with E-state index in [0.29, 0.717) is 6.42 Å².